The van der Waals surface area contributed by atoms with Crippen LogP contribution in [0.4, 0.5) is 5.69 Å². The number of nitrogens with zero attached hydrogens (tertiary/aromatic N) is 4. The number of ketones is 1. The van der Waals surface area contributed by atoms with E-state index in [4.69, 9.17) is 0 Å². The predicted molar refractivity (Wildman–Crippen MR) is 107 cm³/mol. The molecule has 0 bridgehead atoms. The Balaban J connectivity index is 1.60. The fourth-order valence-electron chi connectivity index (χ4n) is 2.74. The number of rotatable bonds is 7. The van der Waals surface area contributed by atoms with Crippen LogP contribution < -0.4 is 5.32 Å². The van der Waals surface area contributed by atoms with Gasteiger partial charge in [0.25, 0.3) is 0 Å². The van der Waals surface area contributed by atoms with Gasteiger partial charge in [0, 0.05) is 24.0 Å². The van der Waals surface area contributed by atoms with Gasteiger partial charge in [-0.2, -0.15) is 0 Å². The second-order valence-electron chi connectivity index (χ2n) is 6.06. The standard InChI is InChI=1S/C19H21N5O2S/c1-3-24-18(15-5-4-10-20-11-15)22-23-19(24)27-12-17(26)21-16-8-6-14(7-9-16)13(2)25/h4-10,15H,3,11-12H2,1-2H3,(H,21,26). The van der Waals surface area contributed by atoms with E-state index in [1.165, 1.54) is 18.7 Å². The van der Waals surface area contributed by atoms with E-state index in [1.54, 1.807) is 30.5 Å². The van der Waals surface area contributed by atoms with E-state index >= 15 is 0 Å². The molecule has 0 spiro atoms. The number of benzene rings is 1. The number of anilines is 1. The molecule has 0 saturated heterocycles. The molecule has 0 aliphatic carbocycles. The van der Waals surface area contributed by atoms with Gasteiger partial charge in [0.05, 0.1) is 18.2 Å². The summed E-state index contributed by atoms with van der Waals surface area (Å²) in [5, 5.41) is 12.1. The van der Waals surface area contributed by atoms with E-state index in [2.05, 4.69) is 26.6 Å². The van der Waals surface area contributed by atoms with Crippen molar-refractivity contribution >= 4 is 35.4 Å². The Morgan fingerprint density at radius 3 is 2.67 bits per heavy atom. The number of Topliss-reactive ketones (excluding diaryl/α,β-unsaturated/α-hetero) is 1. The van der Waals surface area contributed by atoms with Crippen molar-refractivity contribution in [1.29, 1.82) is 0 Å². The number of aromatic nitrogens is 3. The molecule has 1 amide bonds. The summed E-state index contributed by atoms with van der Waals surface area (Å²) >= 11 is 1.35. The summed E-state index contributed by atoms with van der Waals surface area (Å²) in [4.78, 5) is 27.8. The predicted octanol–water partition coefficient (Wildman–Crippen LogP) is 2.96. The lowest BCUT2D eigenvalue weighted by Gasteiger charge is -2.13. The van der Waals surface area contributed by atoms with Crippen molar-refractivity contribution in [2.75, 3.05) is 17.6 Å². The number of hydrogen-bond donors (Lipinski definition) is 1. The molecule has 7 nitrogen and oxygen atoms in total. The van der Waals surface area contributed by atoms with Crippen molar-refractivity contribution in [3.63, 3.8) is 0 Å². The van der Waals surface area contributed by atoms with Gasteiger partial charge in [-0.05, 0) is 44.2 Å². The van der Waals surface area contributed by atoms with Gasteiger partial charge < -0.3 is 9.88 Å². The van der Waals surface area contributed by atoms with Crippen LogP contribution in [0.5, 0.6) is 0 Å². The highest BCUT2D eigenvalue weighted by atomic mass is 32.2. The van der Waals surface area contributed by atoms with Crippen LogP contribution in [-0.4, -0.2) is 45.0 Å². The van der Waals surface area contributed by atoms with Gasteiger partial charge in [0.15, 0.2) is 10.9 Å². The first-order valence-electron chi connectivity index (χ1n) is 8.72. The van der Waals surface area contributed by atoms with Crippen molar-refractivity contribution < 1.29 is 9.59 Å². The van der Waals surface area contributed by atoms with Gasteiger partial charge in [0.2, 0.25) is 5.91 Å². The summed E-state index contributed by atoms with van der Waals surface area (Å²) in [6.07, 6.45) is 5.77. The highest BCUT2D eigenvalue weighted by molar-refractivity contribution is 7.99. The molecule has 0 radical (unpaired) electrons. The zero-order chi connectivity index (χ0) is 19.2. The molecule has 0 saturated carbocycles. The van der Waals surface area contributed by atoms with Crippen molar-refractivity contribution in [2.45, 2.75) is 31.5 Å². The van der Waals surface area contributed by atoms with E-state index in [9.17, 15) is 9.59 Å². The quantitative estimate of drug-likeness (QED) is 0.586. The van der Waals surface area contributed by atoms with E-state index < -0.39 is 0 Å². The number of allylic oxidation sites excluding steroid dienone is 1. The zero-order valence-corrected chi connectivity index (χ0v) is 16.1. The molecule has 3 rings (SSSR count). The maximum Gasteiger partial charge on any atom is 0.234 e. The van der Waals surface area contributed by atoms with Crippen LogP contribution in [0.3, 0.4) is 0 Å². The molecule has 0 fully saturated rings. The number of carbonyl (C=O) groups excluding carboxylic acids is 2. The third-order valence-corrected chi connectivity index (χ3v) is 5.10. The second kappa shape index (κ2) is 8.77. The molecule has 1 atom stereocenters. The number of hydrogen-bond acceptors (Lipinski definition) is 6. The van der Waals surface area contributed by atoms with Crippen molar-refractivity contribution in [1.82, 2.24) is 14.8 Å². The van der Waals surface area contributed by atoms with Crippen molar-refractivity contribution in [3.05, 3.63) is 47.8 Å². The average Bonchev–Trinajstić information content (AvgIpc) is 3.10. The Kier molecular flexibility index (Phi) is 6.18. The zero-order valence-electron chi connectivity index (χ0n) is 15.3. The number of thioether (sulfide) groups is 1. The first-order chi connectivity index (χ1) is 13.1. The number of aliphatic imine (C=N–C) groups is 1. The smallest absolute Gasteiger partial charge is 0.234 e. The minimum absolute atomic E-state index is 0.00311. The molecule has 1 aromatic heterocycles. The van der Waals surface area contributed by atoms with Gasteiger partial charge >= 0.3 is 0 Å². The maximum absolute atomic E-state index is 12.2. The largest absolute Gasteiger partial charge is 0.325 e. The third kappa shape index (κ3) is 4.71. The fraction of sp³-hybridized carbons (Fsp3) is 0.316. The van der Waals surface area contributed by atoms with Gasteiger partial charge in [-0.3, -0.25) is 14.6 Å². The van der Waals surface area contributed by atoms with Crippen LogP contribution in [0.25, 0.3) is 0 Å². The number of dihydropyridines is 1. The summed E-state index contributed by atoms with van der Waals surface area (Å²) in [6.45, 7) is 4.93. The topological polar surface area (TPSA) is 89.2 Å². The molecule has 2 aromatic rings. The van der Waals surface area contributed by atoms with E-state index in [0.29, 0.717) is 17.8 Å². The molecular weight excluding hydrogens is 362 g/mol. The Morgan fingerprint density at radius 2 is 2.04 bits per heavy atom. The van der Waals surface area contributed by atoms with Crippen LogP contribution in [0.2, 0.25) is 0 Å². The number of carbonyl (C=O) groups is 2. The molecule has 8 heteroatoms. The number of amides is 1. The fourth-order valence-corrected chi connectivity index (χ4v) is 3.55. The summed E-state index contributed by atoms with van der Waals surface area (Å²) in [6, 6.07) is 6.85. The van der Waals surface area contributed by atoms with Gasteiger partial charge in [-0.15, -0.1) is 10.2 Å². The molecule has 1 N–H and O–H groups in total. The number of nitrogens with one attached hydrogen (secondary N) is 1. The van der Waals surface area contributed by atoms with Crippen molar-refractivity contribution in [3.8, 4) is 0 Å². The Labute approximate surface area is 162 Å². The first-order valence-corrected chi connectivity index (χ1v) is 9.70. The van der Waals surface area contributed by atoms with Crippen molar-refractivity contribution in [2.24, 2.45) is 4.99 Å². The maximum atomic E-state index is 12.2. The average molecular weight is 383 g/mol. The van der Waals surface area contributed by atoms with Crippen LogP contribution in [0.1, 0.15) is 35.9 Å². The lowest BCUT2D eigenvalue weighted by atomic mass is 10.1. The molecule has 27 heavy (non-hydrogen) atoms. The van der Waals surface area contributed by atoms with Crippen LogP contribution in [0.15, 0.2) is 46.6 Å². The van der Waals surface area contributed by atoms with Gasteiger partial charge in [0.1, 0.15) is 5.82 Å². The minimum atomic E-state index is -0.134. The van der Waals surface area contributed by atoms with Crippen LogP contribution in [-0.2, 0) is 11.3 Å². The van der Waals surface area contributed by atoms with Crippen LogP contribution >= 0.6 is 11.8 Å². The third-order valence-electron chi connectivity index (χ3n) is 4.14. The molecule has 2 heterocycles. The molecule has 1 aliphatic heterocycles. The second-order valence-corrected chi connectivity index (χ2v) is 7.00. The summed E-state index contributed by atoms with van der Waals surface area (Å²) in [5.41, 5.74) is 1.28. The van der Waals surface area contributed by atoms with E-state index in [-0.39, 0.29) is 23.4 Å². The SMILES string of the molecule is CCn1c(SCC(=O)Nc2ccc(C(C)=O)cc2)nnc1C1C=CC=NC1. The summed E-state index contributed by atoms with van der Waals surface area (Å²) in [7, 11) is 0. The lowest BCUT2D eigenvalue weighted by molar-refractivity contribution is -0.113. The minimum Gasteiger partial charge on any atom is -0.325 e. The Hall–Kier alpha value is -2.74. The monoisotopic (exact) mass is 383 g/mol. The normalized spacial score (nSPS) is 15.7. The van der Waals surface area contributed by atoms with Gasteiger partial charge in [-0.1, -0.05) is 17.8 Å². The van der Waals surface area contributed by atoms with E-state index in [1.807, 2.05) is 17.6 Å². The molecule has 140 valence electrons. The van der Waals surface area contributed by atoms with Gasteiger partial charge in [-0.25, -0.2) is 0 Å². The Morgan fingerprint density at radius 1 is 1.26 bits per heavy atom. The molecule has 1 aromatic carbocycles. The molecule has 1 unspecified atom stereocenters. The summed E-state index contributed by atoms with van der Waals surface area (Å²) < 4.78 is 2.02. The van der Waals surface area contributed by atoms with E-state index in [0.717, 1.165) is 17.5 Å². The Bertz CT molecular complexity index is 886. The lowest BCUT2D eigenvalue weighted by Crippen LogP contribution is -2.15. The first kappa shape index (κ1) is 19.0. The molecular formula is C19H21N5O2S. The highest BCUT2D eigenvalue weighted by Gasteiger charge is 2.20. The summed E-state index contributed by atoms with van der Waals surface area (Å²) in [5.74, 6) is 1.07. The highest BCUT2D eigenvalue weighted by Crippen LogP contribution is 2.24. The molecule has 1 aliphatic rings. The van der Waals surface area contributed by atoms with Crippen LogP contribution in [0, 0.1) is 0 Å².